The Labute approximate surface area is 159 Å². The molecule has 3 aromatic rings. The summed E-state index contributed by atoms with van der Waals surface area (Å²) in [6.45, 7) is 9.16. The highest BCUT2D eigenvalue weighted by atomic mass is 16.5. The van der Waals surface area contributed by atoms with E-state index < -0.39 is 5.97 Å². The van der Waals surface area contributed by atoms with Crippen molar-refractivity contribution in [2.45, 2.75) is 39.5 Å². The monoisotopic (exact) mass is 366 g/mol. The second-order valence-corrected chi connectivity index (χ2v) is 7.55. The number of esters is 1. The minimum Gasteiger partial charge on any atom is -0.494 e. The third-order valence-corrected chi connectivity index (χ3v) is 4.50. The summed E-state index contributed by atoms with van der Waals surface area (Å²) in [4.78, 5) is 19.9. The number of nitrogens with zero attached hydrogens (tertiary/aromatic N) is 1. The Bertz CT molecular complexity index is 967. The first kappa shape index (κ1) is 19.0. The van der Waals surface area contributed by atoms with E-state index in [2.05, 4.69) is 36.8 Å². The second-order valence-electron chi connectivity index (χ2n) is 7.55. The van der Waals surface area contributed by atoms with Gasteiger partial charge < -0.3 is 14.5 Å². The summed E-state index contributed by atoms with van der Waals surface area (Å²) in [6.07, 6.45) is 0.630. The Hall–Kier alpha value is -2.82. The van der Waals surface area contributed by atoms with Gasteiger partial charge in [-0.05, 0) is 36.8 Å². The number of carbonyl (C=O) groups excluding carboxylic acids is 1. The van der Waals surface area contributed by atoms with E-state index in [0.717, 1.165) is 28.0 Å². The van der Waals surface area contributed by atoms with Crippen LogP contribution in [0.1, 0.15) is 55.1 Å². The third-order valence-electron chi connectivity index (χ3n) is 4.50. The molecule has 0 aliphatic carbocycles. The van der Waals surface area contributed by atoms with Crippen molar-refractivity contribution < 1.29 is 14.3 Å². The number of aromatic nitrogens is 2. The molecule has 0 aliphatic rings. The Morgan fingerprint density at radius 3 is 2.63 bits per heavy atom. The molecule has 0 saturated heterocycles. The molecule has 5 nitrogen and oxygen atoms in total. The largest absolute Gasteiger partial charge is 0.494 e. The fourth-order valence-corrected chi connectivity index (χ4v) is 3.29. The predicted molar refractivity (Wildman–Crippen MR) is 107 cm³/mol. The Balaban J connectivity index is 2.08. The number of rotatable bonds is 5. The van der Waals surface area contributed by atoms with Crippen LogP contribution in [0.25, 0.3) is 10.9 Å². The van der Waals surface area contributed by atoms with Gasteiger partial charge in [-0.1, -0.05) is 26.8 Å². The molecule has 2 aromatic heterocycles. The average molecular weight is 366 g/mol. The highest BCUT2D eigenvalue weighted by Gasteiger charge is 2.23. The standard InChI is InChI=1S/C22H26N2O3/c1-6-27-15-10-11-16-17(20(22(2,3)4)24-19(16)13-15)12-14-8-7-9-18(23-14)21(25)26-5/h7-11,13,24H,6,12H2,1-5H3. The quantitative estimate of drug-likeness (QED) is 0.668. The zero-order valence-corrected chi connectivity index (χ0v) is 16.6. The molecule has 0 saturated carbocycles. The normalized spacial score (nSPS) is 11.6. The molecule has 0 unspecified atom stereocenters. The fourth-order valence-electron chi connectivity index (χ4n) is 3.29. The van der Waals surface area contributed by atoms with Crippen LogP contribution in [0.3, 0.4) is 0 Å². The summed E-state index contributed by atoms with van der Waals surface area (Å²) in [7, 11) is 1.37. The Kier molecular flexibility index (Phi) is 5.22. The van der Waals surface area contributed by atoms with Gasteiger partial charge in [-0.25, -0.2) is 9.78 Å². The molecule has 5 heteroatoms. The maximum atomic E-state index is 11.8. The first-order chi connectivity index (χ1) is 12.8. The summed E-state index contributed by atoms with van der Waals surface area (Å²) < 4.78 is 10.4. The molecule has 27 heavy (non-hydrogen) atoms. The number of methoxy groups -OCH3 is 1. The zero-order chi connectivity index (χ0) is 19.6. The molecular weight excluding hydrogens is 340 g/mol. The van der Waals surface area contributed by atoms with Gasteiger partial charge in [0.05, 0.1) is 13.7 Å². The third kappa shape index (κ3) is 3.97. The number of H-pyrrole nitrogens is 1. The van der Waals surface area contributed by atoms with Crippen molar-refractivity contribution in [1.82, 2.24) is 9.97 Å². The summed E-state index contributed by atoms with van der Waals surface area (Å²) in [6, 6.07) is 11.6. The number of hydrogen-bond donors (Lipinski definition) is 1. The predicted octanol–water partition coefficient (Wildman–Crippen LogP) is 4.64. The summed E-state index contributed by atoms with van der Waals surface area (Å²) in [5.74, 6) is 0.428. The van der Waals surface area contributed by atoms with E-state index in [4.69, 9.17) is 9.47 Å². The summed E-state index contributed by atoms with van der Waals surface area (Å²) in [5.41, 5.74) is 4.50. The topological polar surface area (TPSA) is 64.2 Å². The van der Waals surface area contributed by atoms with Crippen molar-refractivity contribution in [2.75, 3.05) is 13.7 Å². The zero-order valence-electron chi connectivity index (χ0n) is 16.6. The maximum absolute atomic E-state index is 11.8. The van der Waals surface area contributed by atoms with Crippen LogP contribution in [0, 0.1) is 0 Å². The number of nitrogens with one attached hydrogen (secondary N) is 1. The van der Waals surface area contributed by atoms with Gasteiger partial charge in [0, 0.05) is 40.2 Å². The van der Waals surface area contributed by atoms with Gasteiger partial charge in [-0.3, -0.25) is 0 Å². The van der Waals surface area contributed by atoms with Crippen molar-refractivity contribution in [3.63, 3.8) is 0 Å². The molecule has 0 aliphatic heterocycles. The van der Waals surface area contributed by atoms with Gasteiger partial charge in [-0.15, -0.1) is 0 Å². The number of fused-ring (bicyclic) bond motifs is 1. The summed E-state index contributed by atoms with van der Waals surface area (Å²) >= 11 is 0. The van der Waals surface area contributed by atoms with Gasteiger partial charge in [0.15, 0.2) is 0 Å². The molecule has 3 rings (SSSR count). The highest BCUT2D eigenvalue weighted by Crippen LogP contribution is 2.34. The molecule has 0 amide bonds. The number of hydrogen-bond acceptors (Lipinski definition) is 4. The van der Waals surface area contributed by atoms with Crippen molar-refractivity contribution >= 4 is 16.9 Å². The van der Waals surface area contributed by atoms with Crippen LogP contribution < -0.4 is 4.74 Å². The molecule has 1 aromatic carbocycles. The lowest BCUT2D eigenvalue weighted by molar-refractivity contribution is 0.0593. The van der Waals surface area contributed by atoms with E-state index in [1.807, 2.05) is 31.2 Å². The molecule has 1 N–H and O–H groups in total. The van der Waals surface area contributed by atoms with Gasteiger partial charge in [0.1, 0.15) is 11.4 Å². The van der Waals surface area contributed by atoms with Crippen LogP contribution in [-0.4, -0.2) is 29.7 Å². The van der Waals surface area contributed by atoms with Crippen LogP contribution in [0.15, 0.2) is 36.4 Å². The smallest absolute Gasteiger partial charge is 0.356 e. The highest BCUT2D eigenvalue weighted by molar-refractivity contribution is 5.88. The second kappa shape index (κ2) is 7.43. The SMILES string of the molecule is CCOc1ccc2c(Cc3cccc(C(=O)OC)n3)c(C(C)(C)C)[nH]c2c1. The van der Waals surface area contributed by atoms with Gasteiger partial charge >= 0.3 is 5.97 Å². The molecule has 0 atom stereocenters. The number of pyridine rings is 1. The van der Waals surface area contributed by atoms with Crippen LogP contribution in [-0.2, 0) is 16.6 Å². The van der Waals surface area contributed by atoms with Crippen LogP contribution in [0.5, 0.6) is 5.75 Å². The lowest BCUT2D eigenvalue weighted by atomic mass is 9.87. The van der Waals surface area contributed by atoms with E-state index in [0.29, 0.717) is 18.7 Å². The first-order valence-corrected chi connectivity index (χ1v) is 9.15. The van der Waals surface area contributed by atoms with Gasteiger partial charge in [0.2, 0.25) is 0 Å². The molecule has 2 heterocycles. The number of aromatic amines is 1. The van der Waals surface area contributed by atoms with E-state index in [1.165, 1.54) is 12.7 Å². The fraction of sp³-hybridized carbons (Fsp3) is 0.364. The average Bonchev–Trinajstić information content (AvgIpc) is 3.00. The van der Waals surface area contributed by atoms with Crippen LogP contribution in [0.2, 0.25) is 0 Å². The maximum Gasteiger partial charge on any atom is 0.356 e. The van der Waals surface area contributed by atoms with E-state index >= 15 is 0 Å². The Morgan fingerprint density at radius 1 is 1.19 bits per heavy atom. The van der Waals surface area contributed by atoms with Crippen molar-refractivity contribution in [2.24, 2.45) is 0 Å². The minimum atomic E-state index is -0.423. The Morgan fingerprint density at radius 2 is 1.96 bits per heavy atom. The first-order valence-electron chi connectivity index (χ1n) is 9.15. The van der Waals surface area contributed by atoms with Crippen LogP contribution in [0.4, 0.5) is 0 Å². The number of benzene rings is 1. The van der Waals surface area contributed by atoms with Gasteiger partial charge in [0.25, 0.3) is 0 Å². The molecular formula is C22H26N2O3. The van der Waals surface area contributed by atoms with E-state index in [9.17, 15) is 4.79 Å². The van der Waals surface area contributed by atoms with E-state index in [-0.39, 0.29) is 5.41 Å². The van der Waals surface area contributed by atoms with Crippen LogP contribution >= 0.6 is 0 Å². The van der Waals surface area contributed by atoms with E-state index in [1.54, 1.807) is 6.07 Å². The molecule has 0 spiro atoms. The molecule has 0 bridgehead atoms. The van der Waals surface area contributed by atoms with Crippen molar-refractivity contribution in [1.29, 1.82) is 0 Å². The molecule has 142 valence electrons. The molecule has 0 radical (unpaired) electrons. The minimum absolute atomic E-state index is 0.0555. The van der Waals surface area contributed by atoms with Gasteiger partial charge in [-0.2, -0.15) is 0 Å². The summed E-state index contributed by atoms with van der Waals surface area (Å²) in [5, 5.41) is 1.15. The lowest BCUT2D eigenvalue weighted by Crippen LogP contribution is -2.15. The lowest BCUT2D eigenvalue weighted by Gasteiger charge is -2.19. The number of carbonyl (C=O) groups is 1. The number of ether oxygens (including phenoxy) is 2. The molecule has 0 fully saturated rings. The van der Waals surface area contributed by atoms with Crippen molar-refractivity contribution in [3.05, 3.63) is 59.0 Å². The van der Waals surface area contributed by atoms with Crippen molar-refractivity contribution in [3.8, 4) is 5.75 Å².